The van der Waals surface area contributed by atoms with Crippen LogP contribution in [0, 0.1) is 0 Å². The summed E-state index contributed by atoms with van der Waals surface area (Å²) in [6.45, 7) is 1.97. The van der Waals surface area contributed by atoms with Gasteiger partial charge in [-0.1, -0.05) is 34.9 Å². The second-order valence-corrected chi connectivity index (χ2v) is 5.98. The van der Waals surface area contributed by atoms with E-state index in [1.165, 1.54) is 5.56 Å². The van der Waals surface area contributed by atoms with Gasteiger partial charge in [-0.15, -0.1) is 0 Å². The third kappa shape index (κ3) is 5.95. The third-order valence-electron chi connectivity index (χ3n) is 2.73. The number of hydrogen-bond acceptors (Lipinski definition) is 3. The Bertz CT molecular complexity index is 405. The molecule has 5 heteroatoms. The van der Waals surface area contributed by atoms with E-state index in [9.17, 15) is 9.36 Å². The van der Waals surface area contributed by atoms with E-state index in [1.54, 1.807) is 6.92 Å². The highest BCUT2D eigenvalue weighted by Crippen LogP contribution is 2.30. The summed E-state index contributed by atoms with van der Waals surface area (Å²) in [5, 5.41) is 8.90. The summed E-state index contributed by atoms with van der Waals surface area (Å²) in [6.07, 6.45) is 2.99. The molecule has 0 amide bonds. The molecular formula is C14H20O4P+. The van der Waals surface area contributed by atoms with Crippen LogP contribution in [-0.2, 0) is 20.5 Å². The Morgan fingerprint density at radius 1 is 1.32 bits per heavy atom. The first kappa shape index (κ1) is 15.8. The van der Waals surface area contributed by atoms with Crippen molar-refractivity contribution in [3.05, 3.63) is 35.9 Å². The van der Waals surface area contributed by atoms with Gasteiger partial charge in [-0.05, 0) is 31.7 Å². The molecule has 0 spiro atoms. The lowest BCUT2D eigenvalue weighted by Crippen LogP contribution is -2.20. The third-order valence-corrected chi connectivity index (χ3v) is 4.38. The van der Waals surface area contributed by atoms with E-state index in [4.69, 9.17) is 9.84 Å². The largest absolute Gasteiger partial charge is 0.476 e. The fourth-order valence-corrected chi connectivity index (χ4v) is 3.13. The van der Waals surface area contributed by atoms with Crippen molar-refractivity contribution in [3.63, 3.8) is 0 Å². The van der Waals surface area contributed by atoms with Crippen LogP contribution in [0.3, 0.4) is 0 Å². The normalized spacial score (nSPS) is 13.0. The van der Waals surface area contributed by atoms with Gasteiger partial charge in [0.2, 0.25) is 0 Å². The van der Waals surface area contributed by atoms with Crippen molar-refractivity contribution in [2.75, 3.05) is 12.8 Å². The first-order valence-electron chi connectivity index (χ1n) is 6.47. The molecule has 0 aliphatic rings. The SMILES string of the molecule is CCOC(C(=O)O)[P+](=O)CCCCc1ccccc1. The molecule has 0 radical (unpaired) electrons. The van der Waals surface area contributed by atoms with Crippen LogP contribution in [0.25, 0.3) is 0 Å². The molecule has 1 aromatic rings. The van der Waals surface area contributed by atoms with E-state index in [-0.39, 0.29) is 6.61 Å². The number of ether oxygens (including phenoxy) is 1. The van der Waals surface area contributed by atoms with Crippen LogP contribution in [-0.4, -0.2) is 29.7 Å². The number of rotatable bonds is 9. The van der Waals surface area contributed by atoms with Gasteiger partial charge < -0.3 is 9.84 Å². The highest BCUT2D eigenvalue weighted by atomic mass is 31.1. The molecule has 0 saturated carbocycles. The number of carboxylic acids is 1. The zero-order valence-electron chi connectivity index (χ0n) is 11.1. The van der Waals surface area contributed by atoms with Gasteiger partial charge in [0.25, 0.3) is 0 Å². The maximum atomic E-state index is 11.8. The van der Waals surface area contributed by atoms with Gasteiger partial charge in [0, 0.05) is 6.61 Å². The quantitative estimate of drug-likeness (QED) is 0.558. The van der Waals surface area contributed by atoms with E-state index in [1.807, 2.05) is 18.2 Å². The van der Waals surface area contributed by atoms with Gasteiger partial charge >= 0.3 is 19.6 Å². The van der Waals surface area contributed by atoms with E-state index >= 15 is 0 Å². The second kappa shape index (κ2) is 8.78. The zero-order valence-corrected chi connectivity index (χ0v) is 12.0. The lowest BCUT2D eigenvalue weighted by atomic mass is 10.1. The minimum absolute atomic E-state index is 0.266. The first-order valence-corrected chi connectivity index (χ1v) is 7.98. The summed E-state index contributed by atoms with van der Waals surface area (Å²) < 4.78 is 16.8. The molecule has 2 unspecified atom stereocenters. The van der Waals surface area contributed by atoms with Crippen molar-refractivity contribution < 1.29 is 19.2 Å². The van der Waals surface area contributed by atoms with E-state index in [2.05, 4.69) is 12.1 Å². The summed E-state index contributed by atoms with van der Waals surface area (Å²) in [5.74, 6) is -2.29. The summed E-state index contributed by atoms with van der Waals surface area (Å²) in [6, 6.07) is 10.1. The number of hydrogen-bond donors (Lipinski definition) is 1. The molecule has 2 atom stereocenters. The zero-order chi connectivity index (χ0) is 14.1. The summed E-state index contributed by atoms with van der Waals surface area (Å²) in [7, 11) is -1.84. The number of carbonyl (C=O) groups is 1. The minimum Gasteiger partial charge on any atom is -0.476 e. The molecular weight excluding hydrogens is 263 g/mol. The van der Waals surface area contributed by atoms with E-state index in [0.717, 1.165) is 19.3 Å². The average Bonchev–Trinajstić information content (AvgIpc) is 2.41. The first-order chi connectivity index (χ1) is 9.15. The second-order valence-electron chi connectivity index (χ2n) is 4.23. The Kier molecular flexibility index (Phi) is 7.31. The summed E-state index contributed by atoms with van der Waals surface area (Å²) >= 11 is 0. The number of unbranched alkanes of at least 4 members (excludes halogenated alkanes) is 1. The molecule has 0 bridgehead atoms. The number of aryl methyl sites for hydroxylation is 1. The van der Waals surface area contributed by atoms with Crippen molar-refractivity contribution in [3.8, 4) is 0 Å². The molecule has 0 aliphatic carbocycles. The van der Waals surface area contributed by atoms with Gasteiger partial charge in [-0.3, -0.25) is 0 Å². The average molecular weight is 283 g/mol. The van der Waals surface area contributed by atoms with Crippen LogP contribution in [0.15, 0.2) is 30.3 Å². The summed E-state index contributed by atoms with van der Waals surface area (Å²) in [5.41, 5.74) is 1.25. The van der Waals surface area contributed by atoms with Crippen LogP contribution in [0.2, 0.25) is 0 Å². The van der Waals surface area contributed by atoms with Gasteiger partial charge in [-0.2, -0.15) is 0 Å². The highest BCUT2D eigenvalue weighted by molar-refractivity contribution is 7.46. The standard InChI is InChI=1S/C14H19O4P/c1-2-18-14(13(15)16)19(17)11-7-6-10-12-8-4-3-5-9-12/h3-5,8-9,14H,2,6-7,10-11H2,1H3/p+1. The van der Waals surface area contributed by atoms with Crippen molar-refractivity contribution in [2.45, 2.75) is 32.0 Å². The monoisotopic (exact) mass is 283 g/mol. The van der Waals surface area contributed by atoms with Gasteiger partial charge in [0.1, 0.15) is 6.16 Å². The molecule has 1 rings (SSSR count). The number of benzene rings is 1. The van der Waals surface area contributed by atoms with Crippen LogP contribution >= 0.6 is 7.80 Å². The van der Waals surface area contributed by atoms with E-state index in [0.29, 0.717) is 6.16 Å². The molecule has 19 heavy (non-hydrogen) atoms. The molecule has 1 aromatic carbocycles. The van der Waals surface area contributed by atoms with Gasteiger partial charge in [0.05, 0.1) is 0 Å². The minimum atomic E-state index is -1.84. The summed E-state index contributed by atoms with van der Waals surface area (Å²) in [4.78, 5) is 10.9. The highest BCUT2D eigenvalue weighted by Gasteiger charge is 2.37. The Hall–Kier alpha value is -1.25. The molecule has 0 heterocycles. The van der Waals surface area contributed by atoms with Crippen molar-refractivity contribution in [1.82, 2.24) is 0 Å². The molecule has 0 aromatic heterocycles. The Balaban J connectivity index is 2.28. The fourth-order valence-electron chi connectivity index (χ4n) is 1.79. The van der Waals surface area contributed by atoms with Crippen LogP contribution in [0.5, 0.6) is 0 Å². The lowest BCUT2D eigenvalue weighted by Gasteiger charge is -2.02. The topological polar surface area (TPSA) is 63.6 Å². The Morgan fingerprint density at radius 3 is 2.58 bits per heavy atom. The molecule has 4 nitrogen and oxygen atoms in total. The molecule has 1 N–H and O–H groups in total. The molecule has 0 aliphatic heterocycles. The van der Waals surface area contributed by atoms with Crippen molar-refractivity contribution in [1.29, 1.82) is 0 Å². The van der Waals surface area contributed by atoms with Crippen molar-refractivity contribution >= 4 is 13.8 Å². The Labute approximate surface area is 114 Å². The fraction of sp³-hybridized carbons (Fsp3) is 0.500. The van der Waals surface area contributed by atoms with Gasteiger partial charge in [0.15, 0.2) is 0 Å². The maximum absolute atomic E-state index is 11.8. The molecule has 0 saturated heterocycles. The predicted molar refractivity (Wildman–Crippen MR) is 74.9 cm³/mol. The number of aliphatic carboxylic acids is 1. The molecule has 104 valence electrons. The predicted octanol–water partition coefficient (Wildman–Crippen LogP) is 3.28. The van der Waals surface area contributed by atoms with Crippen LogP contribution < -0.4 is 0 Å². The van der Waals surface area contributed by atoms with Crippen LogP contribution in [0.4, 0.5) is 0 Å². The number of carboxylic acid groups (broad SMARTS) is 1. The van der Waals surface area contributed by atoms with Crippen molar-refractivity contribution in [2.24, 2.45) is 0 Å². The van der Waals surface area contributed by atoms with Crippen LogP contribution in [0.1, 0.15) is 25.3 Å². The molecule has 0 fully saturated rings. The van der Waals surface area contributed by atoms with Gasteiger partial charge in [-0.25, -0.2) is 4.79 Å². The van der Waals surface area contributed by atoms with E-state index < -0.39 is 19.6 Å². The Morgan fingerprint density at radius 2 is 2.00 bits per heavy atom. The smallest absolute Gasteiger partial charge is 0.384 e. The lowest BCUT2D eigenvalue weighted by molar-refractivity contribution is -0.144. The maximum Gasteiger partial charge on any atom is 0.384 e.